The predicted octanol–water partition coefficient (Wildman–Crippen LogP) is 2.62. The van der Waals surface area contributed by atoms with E-state index < -0.39 is 11.4 Å². The van der Waals surface area contributed by atoms with E-state index in [2.05, 4.69) is 6.92 Å². The smallest absolute Gasteiger partial charge is 0.311 e. The number of nitrogens with zero attached hydrogens (tertiary/aromatic N) is 1. The molecule has 0 aromatic heterocycles. The first-order chi connectivity index (χ1) is 9.05. The molecule has 1 fully saturated rings. The van der Waals surface area contributed by atoms with Gasteiger partial charge in [0.25, 0.3) is 0 Å². The third-order valence-corrected chi connectivity index (χ3v) is 4.78. The zero-order valence-corrected chi connectivity index (χ0v) is 12.8. The molecule has 1 aliphatic heterocycles. The number of carbonyl (C=O) groups excluding carboxylic acids is 1. The molecule has 0 radical (unpaired) electrons. The van der Waals surface area contributed by atoms with Crippen molar-refractivity contribution in [1.29, 1.82) is 0 Å². The fraction of sp³-hybridized carbons (Fsp3) is 0.857. The molecule has 5 heteroatoms. The molecule has 1 heterocycles. The third kappa shape index (κ3) is 4.41. The van der Waals surface area contributed by atoms with Gasteiger partial charge in [0, 0.05) is 13.1 Å². The molecule has 0 aliphatic carbocycles. The van der Waals surface area contributed by atoms with Crippen LogP contribution in [0.4, 0.5) is 0 Å². The van der Waals surface area contributed by atoms with Crippen molar-refractivity contribution < 1.29 is 14.7 Å². The Morgan fingerprint density at radius 1 is 1.32 bits per heavy atom. The summed E-state index contributed by atoms with van der Waals surface area (Å²) in [6, 6.07) is 0. The second-order valence-electron chi connectivity index (χ2n) is 5.31. The van der Waals surface area contributed by atoms with Gasteiger partial charge in [0.15, 0.2) is 0 Å². The standard InChI is InChI=1S/C14H25NO3S/c1-3-5-9-19-10-12(16)15-8-7-14(11-15,6-4-2)13(17)18/h3-11H2,1-2H3,(H,17,18). The number of thioether (sulfide) groups is 1. The highest BCUT2D eigenvalue weighted by Gasteiger charge is 2.45. The summed E-state index contributed by atoms with van der Waals surface area (Å²) in [5, 5.41) is 9.40. The van der Waals surface area contributed by atoms with E-state index in [9.17, 15) is 14.7 Å². The summed E-state index contributed by atoms with van der Waals surface area (Å²) in [6.07, 6.45) is 4.38. The Morgan fingerprint density at radius 2 is 2.05 bits per heavy atom. The van der Waals surface area contributed by atoms with Crippen LogP contribution in [0.3, 0.4) is 0 Å². The lowest BCUT2D eigenvalue weighted by atomic mass is 9.83. The average molecular weight is 287 g/mol. The van der Waals surface area contributed by atoms with Crippen LogP contribution in [0.5, 0.6) is 0 Å². The zero-order valence-electron chi connectivity index (χ0n) is 12.0. The number of carboxylic acid groups (broad SMARTS) is 1. The Morgan fingerprint density at radius 3 is 2.63 bits per heavy atom. The van der Waals surface area contributed by atoms with E-state index in [1.165, 1.54) is 0 Å². The van der Waals surface area contributed by atoms with Gasteiger partial charge in [-0.05, 0) is 25.0 Å². The van der Waals surface area contributed by atoms with Crippen molar-refractivity contribution in [3.8, 4) is 0 Å². The second-order valence-corrected chi connectivity index (χ2v) is 6.41. The topological polar surface area (TPSA) is 57.6 Å². The predicted molar refractivity (Wildman–Crippen MR) is 78.4 cm³/mol. The molecule has 0 aromatic carbocycles. The van der Waals surface area contributed by atoms with Gasteiger partial charge in [-0.3, -0.25) is 9.59 Å². The SMILES string of the molecule is CCCCSCC(=O)N1CCC(CCC)(C(=O)O)C1. The number of likely N-dealkylation sites (tertiary alicyclic amines) is 1. The molecule has 1 rings (SSSR count). The first kappa shape index (κ1) is 16.3. The molecular weight excluding hydrogens is 262 g/mol. The summed E-state index contributed by atoms with van der Waals surface area (Å²) in [5.41, 5.74) is -0.696. The van der Waals surface area contributed by atoms with Crippen LogP contribution in [0, 0.1) is 5.41 Å². The summed E-state index contributed by atoms with van der Waals surface area (Å²) in [7, 11) is 0. The molecule has 0 bridgehead atoms. The summed E-state index contributed by atoms with van der Waals surface area (Å²) >= 11 is 1.66. The number of aliphatic carboxylic acids is 1. The largest absolute Gasteiger partial charge is 0.481 e. The number of hydrogen-bond donors (Lipinski definition) is 1. The Hall–Kier alpha value is -0.710. The van der Waals surface area contributed by atoms with Crippen molar-refractivity contribution >= 4 is 23.6 Å². The van der Waals surface area contributed by atoms with Gasteiger partial charge in [-0.15, -0.1) is 0 Å². The molecule has 1 amide bonds. The van der Waals surface area contributed by atoms with Gasteiger partial charge >= 0.3 is 5.97 Å². The minimum Gasteiger partial charge on any atom is -0.481 e. The van der Waals surface area contributed by atoms with Gasteiger partial charge < -0.3 is 10.0 Å². The Kier molecular flexibility index (Phi) is 6.69. The van der Waals surface area contributed by atoms with E-state index in [1.54, 1.807) is 16.7 Å². The van der Waals surface area contributed by atoms with Crippen molar-refractivity contribution in [2.45, 2.75) is 46.0 Å². The monoisotopic (exact) mass is 287 g/mol. The van der Waals surface area contributed by atoms with Crippen molar-refractivity contribution in [3.05, 3.63) is 0 Å². The fourth-order valence-electron chi connectivity index (χ4n) is 2.55. The van der Waals surface area contributed by atoms with Crippen LogP contribution in [0.1, 0.15) is 46.0 Å². The van der Waals surface area contributed by atoms with Gasteiger partial charge in [-0.25, -0.2) is 0 Å². The van der Waals surface area contributed by atoms with Crippen LogP contribution < -0.4 is 0 Å². The number of hydrogen-bond acceptors (Lipinski definition) is 3. The Labute approximate surface area is 119 Å². The number of carbonyl (C=O) groups is 2. The fourth-order valence-corrected chi connectivity index (χ4v) is 3.54. The number of carboxylic acids is 1. The quantitative estimate of drug-likeness (QED) is 0.697. The Balaban J connectivity index is 2.45. The number of rotatable bonds is 8. The minimum absolute atomic E-state index is 0.0975. The molecule has 1 unspecified atom stereocenters. The van der Waals surface area contributed by atoms with Crippen LogP contribution in [-0.4, -0.2) is 46.5 Å². The maximum atomic E-state index is 12.0. The van der Waals surface area contributed by atoms with E-state index in [-0.39, 0.29) is 5.91 Å². The summed E-state index contributed by atoms with van der Waals surface area (Å²) in [6.45, 7) is 5.12. The van der Waals surface area contributed by atoms with E-state index >= 15 is 0 Å². The normalized spacial score (nSPS) is 22.7. The van der Waals surface area contributed by atoms with Crippen LogP contribution in [0.25, 0.3) is 0 Å². The lowest BCUT2D eigenvalue weighted by Crippen LogP contribution is -2.37. The van der Waals surface area contributed by atoms with Gasteiger partial charge in [0.2, 0.25) is 5.91 Å². The van der Waals surface area contributed by atoms with E-state index in [0.717, 1.165) is 25.0 Å². The highest BCUT2D eigenvalue weighted by Crippen LogP contribution is 2.35. The van der Waals surface area contributed by atoms with Crippen molar-refractivity contribution in [3.63, 3.8) is 0 Å². The molecule has 19 heavy (non-hydrogen) atoms. The molecule has 0 aromatic rings. The third-order valence-electron chi connectivity index (χ3n) is 3.76. The van der Waals surface area contributed by atoms with E-state index in [0.29, 0.717) is 31.7 Å². The summed E-state index contributed by atoms with van der Waals surface area (Å²) < 4.78 is 0. The highest BCUT2D eigenvalue weighted by atomic mass is 32.2. The average Bonchev–Trinajstić information content (AvgIpc) is 2.81. The minimum atomic E-state index is -0.747. The molecule has 0 saturated carbocycles. The lowest BCUT2D eigenvalue weighted by molar-refractivity contribution is -0.148. The van der Waals surface area contributed by atoms with Crippen LogP contribution in [-0.2, 0) is 9.59 Å². The second kappa shape index (κ2) is 7.78. The molecular formula is C14H25NO3S. The molecule has 1 atom stereocenters. The molecule has 4 nitrogen and oxygen atoms in total. The van der Waals surface area contributed by atoms with Gasteiger partial charge in [-0.2, -0.15) is 11.8 Å². The maximum absolute atomic E-state index is 12.0. The molecule has 0 spiro atoms. The van der Waals surface area contributed by atoms with Crippen LogP contribution in [0.15, 0.2) is 0 Å². The summed E-state index contributed by atoms with van der Waals surface area (Å²) in [5.74, 6) is 0.848. The number of unbranched alkanes of at least 4 members (excludes halogenated alkanes) is 1. The molecule has 1 N–H and O–H groups in total. The first-order valence-corrected chi connectivity index (χ1v) is 8.30. The van der Waals surface area contributed by atoms with Crippen molar-refractivity contribution in [2.75, 3.05) is 24.6 Å². The first-order valence-electron chi connectivity index (χ1n) is 7.14. The molecule has 110 valence electrons. The molecule has 1 aliphatic rings. The number of amides is 1. The van der Waals surface area contributed by atoms with Crippen LogP contribution in [0.2, 0.25) is 0 Å². The van der Waals surface area contributed by atoms with E-state index in [4.69, 9.17) is 0 Å². The lowest BCUT2D eigenvalue weighted by Gasteiger charge is -2.24. The Bertz CT molecular complexity index is 322. The highest BCUT2D eigenvalue weighted by molar-refractivity contribution is 7.99. The van der Waals surface area contributed by atoms with Crippen molar-refractivity contribution in [2.24, 2.45) is 5.41 Å². The van der Waals surface area contributed by atoms with Crippen LogP contribution >= 0.6 is 11.8 Å². The summed E-state index contributed by atoms with van der Waals surface area (Å²) in [4.78, 5) is 25.2. The van der Waals surface area contributed by atoms with Gasteiger partial charge in [0.1, 0.15) is 0 Å². The van der Waals surface area contributed by atoms with Crippen molar-refractivity contribution in [1.82, 2.24) is 4.90 Å². The molecule has 1 saturated heterocycles. The van der Waals surface area contributed by atoms with E-state index in [1.807, 2.05) is 6.92 Å². The zero-order chi connectivity index (χ0) is 14.3. The maximum Gasteiger partial charge on any atom is 0.311 e. The van der Waals surface area contributed by atoms with Gasteiger partial charge in [-0.1, -0.05) is 26.7 Å². The van der Waals surface area contributed by atoms with Gasteiger partial charge in [0.05, 0.1) is 11.2 Å².